The number of nitrogens with one attached hydrogen (secondary N) is 1. The number of nitrogens with zero attached hydrogens (tertiary/aromatic N) is 1. The van der Waals surface area contributed by atoms with Crippen molar-refractivity contribution in [2.24, 2.45) is 0 Å². The van der Waals surface area contributed by atoms with Crippen LogP contribution in [0.1, 0.15) is 26.2 Å². The van der Waals surface area contributed by atoms with Gasteiger partial charge in [-0.3, -0.25) is 4.90 Å². The van der Waals surface area contributed by atoms with Crippen molar-refractivity contribution in [1.82, 2.24) is 4.90 Å². The van der Waals surface area contributed by atoms with E-state index in [1.165, 1.54) is 31.5 Å². The van der Waals surface area contributed by atoms with Crippen LogP contribution in [0.15, 0.2) is 30.3 Å². The smallest absolute Gasteiger partial charge is 0.0403 e. The van der Waals surface area contributed by atoms with Crippen LogP contribution in [-0.2, 0) is 0 Å². The summed E-state index contributed by atoms with van der Waals surface area (Å²) in [4.78, 5) is 2.68. The molecule has 3 rings (SSSR count). The van der Waals surface area contributed by atoms with E-state index in [1.807, 2.05) is 0 Å². The molecule has 1 aromatic rings. The largest absolute Gasteiger partial charge is 0.381 e. The molecule has 0 aromatic heterocycles. The van der Waals surface area contributed by atoms with E-state index in [1.54, 1.807) is 0 Å². The van der Waals surface area contributed by atoms with E-state index < -0.39 is 0 Å². The molecule has 1 saturated heterocycles. The summed E-state index contributed by atoms with van der Waals surface area (Å²) in [7, 11) is 0. The van der Waals surface area contributed by atoms with Crippen LogP contribution in [0.2, 0.25) is 0 Å². The van der Waals surface area contributed by atoms with Crippen LogP contribution in [0.3, 0.4) is 0 Å². The van der Waals surface area contributed by atoms with Crippen molar-refractivity contribution in [3.05, 3.63) is 30.3 Å². The summed E-state index contributed by atoms with van der Waals surface area (Å²) >= 11 is 0. The first-order valence-corrected chi connectivity index (χ1v) is 6.40. The van der Waals surface area contributed by atoms with Gasteiger partial charge in [0.15, 0.2) is 0 Å². The minimum Gasteiger partial charge on any atom is -0.381 e. The number of hydrogen-bond acceptors (Lipinski definition) is 2. The minimum atomic E-state index is 0.637. The van der Waals surface area contributed by atoms with E-state index in [-0.39, 0.29) is 0 Å². The van der Waals surface area contributed by atoms with Crippen molar-refractivity contribution in [3.63, 3.8) is 0 Å². The van der Waals surface area contributed by atoms with Gasteiger partial charge in [-0.1, -0.05) is 18.2 Å². The van der Waals surface area contributed by atoms with E-state index >= 15 is 0 Å². The van der Waals surface area contributed by atoms with E-state index in [0.717, 1.165) is 12.1 Å². The summed E-state index contributed by atoms with van der Waals surface area (Å²) in [5.74, 6) is 0. The lowest BCUT2D eigenvalue weighted by Gasteiger charge is -2.19. The molecule has 2 nitrogen and oxygen atoms in total. The summed E-state index contributed by atoms with van der Waals surface area (Å²) in [6.45, 7) is 3.59. The third-order valence-corrected chi connectivity index (χ3v) is 3.78. The van der Waals surface area contributed by atoms with Gasteiger partial charge >= 0.3 is 0 Å². The number of likely N-dealkylation sites (tertiary alicyclic amines) is 1. The molecule has 16 heavy (non-hydrogen) atoms. The van der Waals surface area contributed by atoms with Crippen LogP contribution < -0.4 is 5.32 Å². The molecular formula is C14H20N2. The molecule has 86 valence electrons. The first-order valence-electron chi connectivity index (χ1n) is 6.40. The van der Waals surface area contributed by atoms with Gasteiger partial charge in [0.05, 0.1) is 0 Å². The van der Waals surface area contributed by atoms with Gasteiger partial charge in [0.25, 0.3) is 0 Å². The lowest BCUT2D eigenvalue weighted by atomic mass is 10.2. The van der Waals surface area contributed by atoms with Crippen LogP contribution in [-0.4, -0.2) is 29.6 Å². The van der Waals surface area contributed by atoms with Gasteiger partial charge in [0.1, 0.15) is 0 Å². The molecule has 1 N–H and O–H groups in total. The third kappa shape index (κ3) is 2.07. The molecule has 0 spiro atoms. The molecule has 1 heterocycles. The van der Waals surface area contributed by atoms with Gasteiger partial charge in [0.2, 0.25) is 0 Å². The summed E-state index contributed by atoms with van der Waals surface area (Å²) in [5, 5.41) is 3.64. The molecule has 2 heteroatoms. The summed E-state index contributed by atoms with van der Waals surface area (Å²) in [5.41, 5.74) is 1.26. The van der Waals surface area contributed by atoms with Crippen molar-refractivity contribution < 1.29 is 0 Å². The lowest BCUT2D eigenvalue weighted by molar-refractivity contribution is 0.257. The summed E-state index contributed by atoms with van der Waals surface area (Å²) < 4.78 is 0. The van der Waals surface area contributed by atoms with Crippen molar-refractivity contribution >= 4 is 5.69 Å². The fraction of sp³-hybridized carbons (Fsp3) is 0.571. The van der Waals surface area contributed by atoms with Gasteiger partial charge in [-0.25, -0.2) is 0 Å². The van der Waals surface area contributed by atoms with Gasteiger partial charge in [0, 0.05) is 30.4 Å². The second kappa shape index (κ2) is 4.10. The molecule has 2 aliphatic rings. The zero-order chi connectivity index (χ0) is 11.0. The number of benzene rings is 1. The first kappa shape index (κ1) is 10.2. The Balaban J connectivity index is 1.61. The Morgan fingerprint density at radius 2 is 1.94 bits per heavy atom. The van der Waals surface area contributed by atoms with E-state index in [9.17, 15) is 0 Å². The SMILES string of the molecule is CC1CC(Nc2ccccc2)CN1C1CC1. The van der Waals surface area contributed by atoms with Gasteiger partial charge in [-0.15, -0.1) is 0 Å². The van der Waals surface area contributed by atoms with Crippen molar-refractivity contribution in [3.8, 4) is 0 Å². The standard InChI is InChI=1S/C14H20N2/c1-11-9-13(10-16(11)14-7-8-14)15-12-5-3-2-4-6-12/h2-6,11,13-15H,7-10H2,1H3. The topological polar surface area (TPSA) is 15.3 Å². The second-order valence-electron chi connectivity index (χ2n) is 5.22. The maximum Gasteiger partial charge on any atom is 0.0403 e. The fourth-order valence-electron chi connectivity index (χ4n) is 2.85. The highest BCUT2D eigenvalue weighted by atomic mass is 15.3. The maximum absolute atomic E-state index is 3.64. The predicted octanol–water partition coefficient (Wildman–Crippen LogP) is 2.72. The normalized spacial score (nSPS) is 30.6. The Hall–Kier alpha value is -1.02. The number of rotatable bonds is 3. The second-order valence-corrected chi connectivity index (χ2v) is 5.22. The maximum atomic E-state index is 3.64. The van der Waals surface area contributed by atoms with Crippen molar-refractivity contribution in [1.29, 1.82) is 0 Å². The molecule has 1 saturated carbocycles. The van der Waals surface area contributed by atoms with Gasteiger partial charge < -0.3 is 5.32 Å². The molecule has 2 fully saturated rings. The molecule has 1 aliphatic heterocycles. The highest BCUT2D eigenvalue weighted by molar-refractivity contribution is 5.43. The molecule has 2 atom stereocenters. The van der Waals surface area contributed by atoms with Crippen LogP contribution in [0.4, 0.5) is 5.69 Å². The van der Waals surface area contributed by atoms with Crippen LogP contribution in [0.5, 0.6) is 0 Å². The Bertz CT molecular complexity index is 345. The van der Waals surface area contributed by atoms with Crippen LogP contribution in [0.25, 0.3) is 0 Å². The number of anilines is 1. The van der Waals surface area contributed by atoms with E-state index in [2.05, 4.69) is 47.5 Å². The number of para-hydroxylation sites is 1. The minimum absolute atomic E-state index is 0.637. The third-order valence-electron chi connectivity index (χ3n) is 3.78. The zero-order valence-corrected chi connectivity index (χ0v) is 9.89. The number of hydrogen-bond donors (Lipinski definition) is 1. The van der Waals surface area contributed by atoms with E-state index in [4.69, 9.17) is 0 Å². The van der Waals surface area contributed by atoms with Gasteiger partial charge in [-0.2, -0.15) is 0 Å². The van der Waals surface area contributed by atoms with Crippen LogP contribution >= 0.6 is 0 Å². The average molecular weight is 216 g/mol. The van der Waals surface area contributed by atoms with Crippen molar-refractivity contribution in [2.45, 2.75) is 44.3 Å². The van der Waals surface area contributed by atoms with E-state index in [0.29, 0.717) is 6.04 Å². The molecule has 2 unspecified atom stereocenters. The zero-order valence-electron chi connectivity index (χ0n) is 9.89. The molecule has 0 amide bonds. The monoisotopic (exact) mass is 216 g/mol. The first-order chi connectivity index (χ1) is 7.83. The highest BCUT2D eigenvalue weighted by Gasteiger charge is 2.38. The van der Waals surface area contributed by atoms with Crippen LogP contribution in [0, 0.1) is 0 Å². The van der Waals surface area contributed by atoms with Gasteiger partial charge in [-0.05, 0) is 38.3 Å². The molecule has 1 aromatic carbocycles. The Kier molecular flexibility index (Phi) is 2.60. The summed E-state index contributed by atoms with van der Waals surface area (Å²) in [6, 6.07) is 12.9. The Labute approximate surface area is 97.6 Å². The lowest BCUT2D eigenvalue weighted by Crippen LogP contribution is -2.30. The molecule has 0 radical (unpaired) electrons. The molecule has 1 aliphatic carbocycles. The molecular weight excluding hydrogens is 196 g/mol. The summed E-state index contributed by atoms with van der Waals surface area (Å²) in [6.07, 6.45) is 4.12. The van der Waals surface area contributed by atoms with Crippen molar-refractivity contribution in [2.75, 3.05) is 11.9 Å². The average Bonchev–Trinajstić information content (AvgIpc) is 3.06. The fourth-order valence-corrected chi connectivity index (χ4v) is 2.85. The quantitative estimate of drug-likeness (QED) is 0.835. The Morgan fingerprint density at radius 3 is 2.62 bits per heavy atom. The Morgan fingerprint density at radius 1 is 1.19 bits per heavy atom. The molecule has 0 bridgehead atoms. The highest BCUT2D eigenvalue weighted by Crippen LogP contribution is 2.33. The predicted molar refractivity (Wildman–Crippen MR) is 67.7 cm³/mol.